The number of carbonyl (C=O) groups excluding carboxylic acids is 1. The van der Waals surface area contributed by atoms with Gasteiger partial charge in [0.25, 0.3) is 5.91 Å². The third kappa shape index (κ3) is 2.30. The van der Waals surface area contributed by atoms with Gasteiger partial charge < -0.3 is 14.7 Å². The molecule has 1 fully saturated rings. The highest BCUT2D eigenvalue weighted by Gasteiger charge is 2.36. The van der Waals surface area contributed by atoms with E-state index >= 15 is 0 Å². The van der Waals surface area contributed by atoms with Gasteiger partial charge in [0.05, 0.1) is 18.1 Å². The second kappa shape index (κ2) is 5.08. The summed E-state index contributed by atoms with van der Waals surface area (Å²) in [6, 6.07) is 7.01. The maximum atomic E-state index is 12.1. The van der Waals surface area contributed by atoms with Crippen molar-refractivity contribution in [3.05, 3.63) is 29.8 Å². The van der Waals surface area contributed by atoms with Crippen LogP contribution in [0.5, 0.6) is 5.75 Å². The van der Waals surface area contributed by atoms with Crippen LogP contribution >= 0.6 is 0 Å². The van der Waals surface area contributed by atoms with Crippen LogP contribution in [0.1, 0.15) is 17.3 Å². The van der Waals surface area contributed by atoms with Crippen molar-refractivity contribution in [3.8, 4) is 5.75 Å². The van der Waals surface area contributed by atoms with Crippen LogP contribution in [0, 0.1) is 5.92 Å². The van der Waals surface area contributed by atoms with Crippen LogP contribution in [-0.4, -0.2) is 41.6 Å². The minimum absolute atomic E-state index is 0.170. The largest absolute Gasteiger partial charge is 0.493 e. The summed E-state index contributed by atoms with van der Waals surface area (Å²) < 4.78 is 5.39. The third-order valence-electron chi connectivity index (χ3n) is 2.94. The van der Waals surface area contributed by atoms with Gasteiger partial charge in [-0.25, -0.2) is 0 Å². The smallest absolute Gasteiger partial charge is 0.310 e. The van der Waals surface area contributed by atoms with Crippen molar-refractivity contribution >= 4 is 11.9 Å². The summed E-state index contributed by atoms with van der Waals surface area (Å²) in [7, 11) is 0. The number of hydrogen-bond donors (Lipinski definition) is 1. The number of carboxylic acids is 1. The molecule has 0 saturated carbocycles. The van der Waals surface area contributed by atoms with Gasteiger partial charge in [0.1, 0.15) is 5.75 Å². The predicted molar refractivity (Wildman–Crippen MR) is 64.6 cm³/mol. The third-order valence-corrected chi connectivity index (χ3v) is 2.94. The Bertz CT molecular complexity index is 466. The number of likely N-dealkylation sites (tertiary alicyclic amines) is 1. The van der Waals surface area contributed by atoms with Crippen molar-refractivity contribution in [2.75, 3.05) is 19.7 Å². The zero-order valence-corrected chi connectivity index (χ0v) is 10.1. The molecular weight excluding hydrogens is 234 g/mol. The van der Waals surface area contributed by atoms with Crippen LogP contribution in [0.4, 0.5) is 0 Å². The number of rotatable bonds is 4. The summed E-state index contributed by atoms with van der Waals surface area (Å²) in [6.07, 6.45) is 0. The van der Waals surface area contributed by atoms with Crippen LogP contribution in [0.15, 0.2) is 24.3 Å². The van der Waals surface area contributed by atoms with E-state index in [1.165, 1.54) is 4.90 Å². The lowest BCUT2D eigenvalue weighted by molar-refractivity contribution is -0.146. The van der Waals surface area contributed by atoms with E-state index in [0.29, 0.717) is 17.9 Å². The number of carboxylic acid groups (broad SMARTS) is 1. The molecule has 0 bridgehead atoms. The van der Waals surface area contributed by atoms with E-state index in [4.69, 9.17) is 9.84 Å². The first-order valence-corrected chi connectivity index (χ1v) is 5.87. The molecule has 1 aliphatic rings. The fourth-order valence-corrected chi connectivity index (χ4v) is 1.90. The normalized spacial score (nSPS) is 15.1. The standard InChI is InChI=1S/C13H15NO4/c1-2-18-11-6-4-3-5-10(11)12(15)14-7-9(8-14)13(16)17/h3-6,9H,2,7-8H2,1H3,(H,16,17). The van der Waals surface area contributed by atoms with Crippen molar-refractivity contribution in [2.24, 2.45) is 5.92 Å². The van der Waals surface area contributed by atoms with Crippen LogP contribution in [0.25, 0.3) is 0 Å². The monoisotopic (exact) mass is 249 g/mol. The van der Waals surface area contributed by atoms with Crippen LogP contribution in [0.3, 0.4) is 0 Å². The van der Waals surface area contributed by atoms with Gasteiger partial charge in [0, 0.05) is 13.1 Å². The molecule has 0 spiro atoms. The Morgan fingerprint density at radius 2 is 2.06 bits per heavy atom. The van der Waals surface area contributed by atoms with Crippen LogP contribution in [-0.2, 0) is 4.79 Å². The summed E-state index contributed by atoms with van der Waals surface area (Å²) in [5, 5.41) is 8.78. The lowest BCUT2D eigenvalue weighted by Crippen LogP contribution is -2.53. The molecule has 0 radical (unpaired) electrons. The average Bonchev–Trinajstić information content (AvgIpc) is 2.27. The van der Waals surface area contributed by atoms with Crippen LogP contribution < -0.4 is 4.74 Å². The van der Waals surface area contributed by atoms with Gasteiger partial charge in [-0.1, -0.05) is 12.1 Å². The number of para-hydroxylation sites is 1. The van der Waals surface area contributed by atoms with E-state index in [9.17, 15) is 9.59 Å². The van der Waals surface area contributed by atoms with Gasteiger partial charge in [-0.05, 0) is 19.1 Å². The fourth-order valence-electron chi connectivity index (χ4n) is 1.90. The number of ether oxygens (including phenoxy) is 1. The molecule has 18 heavy (non-hydrogen) atoms. The Morgan fingerprint density at radius 3 is 2.67 bits per heavy atom. The van der Waals surface area contributed by atoms with Gasteiger partial charge in [-0.3, -0.25) is 9.59 Å². The van der Waals surface area contributed by atoms with E-state index < -0.39 is 11.9 Å². The Balaban J connectivity index is 2.08. The van der Waals surface area contributed by atoms with Gasteiger partial charge in [0.15, 0.2) is 0 Å². The summed E-state index contributed by atoms with van der Waals surface area (Å²) >= 11 is 0. The first kappa shape index (κ1) is 12.4. The molecule has 0 aliphatic carbocycles. The molecule has 0 atom stereocenters. The number of amides is 1. The van der Waals surface area contributed by atoms with Crippen molar-refractivity contribution in [1.82, 2.24) is 4.90 Å². The Hall–Kier alpha value is -2.04. The minimum Gasteiger partial charge on any atom is -0.493 e. The lowest BCUT2D eigenvalue weighted by atomic mass is 9.99. The number of aliphatic carboxylic acids is 1. The predicted octanol–water partition coefficient (Wildman–Crippen LogP) is 1.24. The summed E-state index contributed by atoms with van der Waals surface area (Å²) in [5.41, 5.74) is 0.489. The molecule has 0 unspecified atom stereocenters. The molecule has 0 aromatic heterocycles. The number of hydrogen-bond acceptors (Lipinski definition) is 3. The Kier molecular flexibility index (Phi) is 3.50. The average molecular weight is 249 g/mol. The van der Waals surface area contributed by atoms with Crippen LogP contribution in [0.2, 0.25) is 0 Å². The molecule has 1 aromatic carbocycles. The van der Waals surface area contributed by atoms with E-state index in [-0.39, 0.29) is 19.0 Å². The molecule has 1 aromatic rings. The molecule has 1 aliphatic heterocycles. The van der Waals surface area contributed by atoms with Gasteiger partial charge in [0.2, 0.25) is 0 Å². The molecule has 2 rings (SSSR count). The van der Waals surface area contributed by atoms with E-state index in [2.05, 4.69) is 0 Å². The Labute approximate surface area is 105 Å². The zero-order valence-electron chi connectivity index (χ0n) is 10.1. The van der Waals surface area contributed by atoms with E-state index in [0.717, 1.165) is 0 Å². The summed E-state index contributed by atoms with van der Waals surface area (Å²) in [5.74, 6) is -0.911. The molecular formula is C13H15NO4. The van der Waals surface area contributed by atoms with Crippen molar-refractivity contribution < 1.29 is 19.4 Å². The van der Waals surface area contributed by atoms with Gasteiger partial charge >= 0.3 is 5.97 Å². The summed E-state index contributed by atoms with van der Waals surface area (Å²) in [6.45, 7) is 2.89. The van der Waals surface area contributed by atoms with Crippen molar-refractivity contribution in [2.45, 2.75) is 6.92 Å². The molecule has 5 heteroatoms. The molecule has 1 N–H and O–H groups in total. The maximum absolute atomic E-state index is 12.1. The number of carbonyl (C=O) groups is 2. The number of benzene rings is 1. The molecule has 1 saturated heterocycles. The zero-order chi connectivity index (χ0) is 13.1. The van der Waals surface area contributed by atoms with Gasteiger partial charge in [-0.2, -0.15) is 0 Å². The SMILES string of the molecule is CCOc1ccccc1C(=O)N1CC(C(=O)O)C1. The van der Waals surface area contributed by atoms with Crippen molar-refractivity contribution in [3.63, 3.8) is 0 Å². The van der Waals surface area contributed by atoms with E-state index in [1.54, 1.807) is 24.3 Å². The highest BCUT2D eigenvalue weighted by molar-refractivity contribution is 5.98. The summed E-state index contributed by atoms with van der Waals surface area (Å²) in [4.78, 5) is 24.4. The number of nitrogens with zero attached hydrogens (tertiary/aromatic N) is 1. The molecule has 96 valence electrons. The maximum Gasteiger partial charge on any atom is 0.310 e. The minimum atomic E-state index is -0.850. The first-order chi connectivity index (χ1) is 8.63. The lowest BCUT2D eigenvalue weighted by Gasteiger charge is -2.36. The fraction of sp³-hybridized carbons (Fsp3) is 0.385. The molecule has 1 amide bonds. The highest BCUT2D eigenvalue weighted by Crippen LogP contribution is 2.24. The topological polar surface area (TPSA) is 66.8 Å². The first-order valence-electron chi connectivity index (χ1n) is 5.87. The van der Waals surface area contributed by atoms with Crippen molar-refractivity contribution in [1.29, 1.82) is 0 Å². The molecule has 5 nitrogen and oxygen atoms in total. The second-order valence-corrected chi connectivity index (χ2v) is 4.17. The highest BCUT2D eigenvalue weighted by atomic mass is 16.5. The Morgan fingerprint density at radius 1 is 1.39 bits per heavy atom. The molecule has 1 heterocycles. The van der Waals surface area contributed by atoms with E-state index in [1.807, 2.05) is 6.92 Å². The quantitative estimate of drug-likeness (QED) is 0.871. The van der Waals surface area contributed by atoms with Gasteiger partial charge in [-0.15, -0.1) is 0 Å². The second-order valence-electron chi connectivity index (χ2n) is 4.17.